The van der Waals surface area contributed by atoms with Crippen molar-refractivity contribution < 1.29 is 4.42 Å². The maximum absolute atomic E-state index is 6.77. The fourth-order valence-corrected chi connectivity index (χ4v) is 9.47. The fraction of sp³-hybridized carbons (Fsp3) is 0.0192. The molecule has 1 atom stereocenters. The van der Waals surface area contributed by atoms with Gasteiger partial charge in [0.05, 0.1) is 5.41 Å². The molecule has 1 spiro atoms. The average molecular weight is 714 g/mol. The lowest BCUT2D eigenvalue weighted by Gasteiger charge is -2.32. The van der Waals surface area contributed by atoms with E-state index in [1.54, 1.807) is 0 Å². The Morgan fingerprint density at radius 2 is 0.893 bits per heavy atom. The van der Waals surface area contributed by atoms with Crippen molar-refractivity contribution in [2.24, 2.45) is 0 Å². The number of hydrogen-bond acceptors (Lipinski definition) is 4. The number of furan rings is 1. The van der Waals surface area contributed by atoms with Crippen LogP contribution < -0.4 is 0 Å². The van der Waals surface area contributed by atoms with E-state index in [-0.39, 0.29) is 0 Å². The Morgan fingerprint density at radius 1 is 0.357 bits per heavy atom. The van der Waals surface area contributed by atoms with Gasteiger partial charge in [-0.3, -0.25) is 0 Å². The summed E-state index contributed by atoms with van der Waals surface area (Å²) in [5.74, 6) is 1.92. The summed E-state index contributed by atoms with van der Waals surface area (Å²) in [4.78, 5) is 15.1. The maximum atomic E-state index is 6.77. The topological polar surface area (TPSA) is 51.8 Å². The second-order valence-corrected chi connectivity index (χ2v) is 14.7. The van der Waals surface area contributed by atoms with Gasteiger partial charge in [0.15, 0.2) is 17.5 Å². The number of nitrogens with zero attached hydrogens (tertiary/aromatic N) is 3. The van der Waals surface area contributed by atoms with Gasteiger partial charge in [-0.25, -0.2) is 15.0 Å². The van der Waals surface area contributed by atoms with Crippen LogP contribution in [0.4, 0.5) is 0 Å². The zero-order valence-electron chi connectivity index (χ0n) is 30.1. The molecule has 0 aliphatic heterocycles. The first-order valence-electron chi connectivity index (χ1n) is 19.0. The molecule has 56 heavy (non-hydrogen) atoms. The molecule has 10 aromatic rings. The molecule has 0 saturated heterocycles. The molecule has 2 aliphatic rings. The average Bonchev–Trinajstić information content (AvgIpc) is 3.91. The van der Waals surface area contributed by atoms with Crippen LogP contribution in [0.2, 0.25) is 0 Å². The van der Waals surface area contributed by atoms with Crippen LogP contribution in [-0.2, 0) is 5.41 Å². The van der Waals surface area contributed by atoms with Crippen LogP contribution in [-0.4, -0.2) is 15.0 Å². The van der Waals surface area contributed by atoms with Crippen LogP contribution in [0.5, 0.6) is 0 Å². The van der Waals surface area contributed by atoms with Gasteiger partial charge >= 0.3 is 0 Å². The quantitative estimate of drug-likeness (QED) is 0.182. The summed E-state index contributed by atoms with van der Waals surface area (Å²) in [6, 6.07) is 66.6. The van der Waals surface area contributed by atoms with E-state index in [2.05, 4.69) is 121 Å². The third-order valence-electron chi connectivity index (χ3n) is 11.7. The second kappa shape index (κ2) is 11.8. The number of aromatic nitrogens is 3. The van der Waals surface area contributed by atoms with E-state index in [0.717, 1.165) is 44.2 Å². The summed E-state index contributed by atoms with van der Waals surface area (Å²) in [5.41, 5.74) is 16.4. The molecule has 0 bridgehead atoms. The van der Waals surface area contributed by atoms with Crippen LogP contribution in [0.15, 0.2) is 192 Å². The number of hydrogen-bond donors (Lipinski definition) is 0. The van der Waals surface area contributed by atoms with E-state index in [9.17, 15) is 0 Å². The lowest BCUT2D eigenvalue weighted by Crippen LogP contribution is -2.26. The van der Waals surface area contributed by atoms with E-state index < -0.39 is 5.41 Å². The fourth-order valence-electron chi connectivity index (χ4n) is 9.47. The summed E-state index contributed by atoms with van der Waals surface area (Å²) in [5, 5.41) is 2.28. The standard InChI is InChI=1S/C52H31N3O/c1-3-15-32(16-4-1)49-53-50(33-17-5-2-6-18-33)55-51(54-49)35-20-13-19-34(31-35)36-24-14-25-39-37-21-7-10-26-42(37)52(47(36)39)43-27-11-8-23-41(43)46-44(52)30-29-40-38-22-9-12-28-45(38)56-48(40)46/h1-31H. The summed E-state index contributed by atoms with van der Waals surface area (Å²) in [6.07, 6.45) is 0. The van der Waals surface area contributed by atoms with Crippen LogP contribution in [0, 0.1) is 0 Å². The predicted molar refractivity (Wildman–Crippen MR) is 225 cm³/mol. The highest BCUT2D eigenvalue weighted by atomic mass is 16.3. The predicted octanol–water partition coefficient (Wildman–Crippen LogP) is 12.8. The lowest BCUT2D eigenvalue weighted by molar-refractivity contribution is 0.669. The molecule has 2 heterocycles. The Kier molecular flexibility index (Phi) is 6.52. The third-order valence-corrected chi connectivity index (χ3v) is 11.7. The first-order valence-corrected chi connectivity index (χ1v) is 19.0. The van der Waals surface area contributed by atoms with Gasteiger partial charge in [-0.1, -0.05) is 176 Å². The van der Waals surface area contributed by atoms with Gasteiger partial charge < -0.3 is 4.42 Å². The molecule has 12 rings (SSSR count). The van der Waals surface area contributed by atoms with Gasteiger partial charge in [0, 0.05) is 33.0 Å². The van der Waals surface area contributed by atoms with Crippen molar-refractivity contribution in [3.05, 3.63) is 210 Å². The number of rotatable bonds is 4. The van der Waals surface area contributed by atoms with Crippen molar-refractivity contribution in [2.75, 3.05) is 0 Å². The molecule has 0 fully saturated rings. The molecule has 2 aliphatic carbocycles. The third kappa shape index (κ3) is 4.27. The largest absolute Gasteiger partial charge is 0.455 e. The summed E-state index contributed by atoms with van der Waals surface area (Å²) < 4.78 is 6.77. The smallest absolute Gasteiger partial charge is 0.164 e. The monoisotopic (exact) mass is 713 g/mol. The summed E-state index contributed by atoms with van der Waals surface area (Å²) >= 11 is 0. The number of fused-ring (bicyclic) bond motifs is 14. The number of benzene rings is 8. The zero-order valence-corrected chi connectivity index (χ0v) is 30.1. The minimum atomic E-state index is -0.564. The Morgan fingerprint density at radius 3 is 1.64 bits per heavy atom. The highest BCUT2D eigenvalue weighted by molar-refractivity contribution is 6.13. The van der Waals surface area contributed by atoms with Crippen LogP contribution in [0.1, 0.15) is 22.3 Å². The molecule has 0 saturated carbocycles. The first-order chi connectivity index (χ1) is 27.8. The van der Waals surface area contributed by atoms with Gasteiger partial charge in [0.2, 0.25) is 0 Å². The molecular weight excluding hydrogens is 683 g/mol. The second-order valence-electron chi connectivity index (χ2n) is 14.7. The van der Waals surface area contributed by atoms with Crippen molar-refractivity contribution in [2.45, 2.75) is 5.41 Å². The lowest BCUT2D eigenvalue weighted by atomic mass is 9.68. The minimum Gasteiger partial charge on any atom is -0.455 e. The molecule has 4 heteroatoms. The highest BCUT2D eigenvalue weighted by Crippen LogP contribution is 2.65. The molecule has 0 amide bonds. The van der Waals surface area contributed by atoms with Gasteiger partial charge in [0.1, 0.15) is 11.2 Å². The van der Waals surface area contributed by atoms with Crippen LogP contribution in [0.25, 0.3) is 89.5 Å². The van der Waals surface area contributed by atoms with Gasteiger partial charge in [-0.05, 0) is 62.2 Å². The van der Waals surface area contributed by atoms with Crippen LogP contribution >= 0.6 is 0 Å². The van der Waals surface area contributed by atoms with Crippen molar-refractivity contribution in [3.8, 4) is 67.5 Å². The van der Waals surface area contributed by atoms with Crippen molar-refractivity contribution >= 4 is 21.9 Å². The number of para-hydroxylation sites is 1. The maximum Gasteiger partial charge on any atom is 0.164 e. The Hall–Kier alpha value is -7.43. The molecule has 0 N–H and O–H groups in total. The SMILES string of the molecule is c1ccc(-c2nc(-c3ccccc3)nc(-c3cccc(-c4cccc5c4C4(c6ccccc6-5)c5ccccc5-c5c4ccc4c5oc5ccccc54)c3)n2)cc1. The van der Waals surface area contributed by atoms with Crippen molar-refractivity contribution in [1.29, 1.82) is 0 Å². The van der Waals surface area contributed by atoms with E-state index in [1.165, 1.54) is 50.1 Å². The Balaban J connectivity index is 1.11. The Labute approximate surface area is 323 Å². The van der Waals surface area contributed by atoms with Crippen molar-refractivity contribution in [3.63, 3.8) is 0 Å². The molecular formula is C52H31N3O. The van der Waals surface area contributed by atoms with Gasteiger partial charge in [-0.15, -0.1) is 0 Å². The van der Waals surface area contributed by atoms with Gasteiger partial charge in [0.25, 0.3) is 0 Å². The summed E-state index contributed by atoms with van der Waals surface area (Å²) in [6.45, 7) is 0. The normalized spacial score (nSPS) is 14.9. The van der Waals surface area contributed by atoms with E-state index in [4.69, 9.17) is 19.4 Å². The molecule has 2 aromatic heterocycles. The van der Waals surface area contributed by atoms with E-state index >= 15 is 0 Å². The van der Waals surface area contributed by atoms with E-state index in [1.807, 2.05) is 66.7 Å². The molecule has 8 aromatic carbocycles. The highest BCUT2D eigenvalue weighted by Gasteiger charge is 2.53. The van der Waals surface area contributed by atoms with Crippen molar-refractivity contribution in [1.82, 2.24) is 15.0 Å². The molecule has 0 radical (unpaired) electrons. The molecule has 4 nitrogen and oxygen atoms in total. The molecule has 260 valence electrons. The van der Waals surface area contributed by atoms with E-state index in [0.29, 0.717) is 17.5 Å². The summed E-state index contributed by atoms with van der Waals surface area (Å²) in [7, 11) is 0. The minimum absolute atomic E-state index is 0.564. The van der Waals surface area contributed by atoms with Gasteiger partial charge in [-0.2, -0.15) is 0 Å². The van der Waals surface area contributed by atoms with Crippen LogP contribution in [0.3, 0.4) is 0 Å². The zero-order chi connectivity index (χ0) is 36.8. The Bertz CT molecular complexity index is 3140. The first kappa shape index (κ1) is 31.0. The molecule has 1 unspecified atom stereocenters.